The van der Waals surface area contributed by atoms with Crippen molar-refractivity contribution in [1.82, 2.24) is 4.72 Å². The molecule has 0 heterocycles. The summed E-state index contributed by atoms with van der Waals surface area (Å²) < 4.78 is 39.5. The topological polar surface area (TPSA) is 110 Å². The molecule has 0 amide bonds. The van der Waals surface area contributed by atoms with Crippen LogP contribution in [0, 0.1) is 22.9 Å². The number of nitrogens with one attached hydrogen (secondary N) is 1. The Morgan fingerprint density at radius 1 is 1.45 bits per heavy atom. The highest BCUT2D eigenvalue weighted by Gasteiger charge is 2.25. The number of aliphatic hydroxyl groups is 1. The van der Waals surface area contributed by atoms with Crippen LogP contribution >= 0.6 is 0 Å². The Balaban J connectivity index is 3.23. The molecule has 0 aliphatic carbocycles. The molecule has 0 unspecified atom stereocenters. The molecule has 1 aromatic rings. The lowest BCUT2D eigenvalue weighted by molar-refractivity contribution is -0.387. The Morgan fingerprint density at radius 3 is 2.45 bits per heavy atom. The van der Waals surface area contributed by atoms with Crippen molar-refractivity contribution in [1.29, 1.82) is 0 Å². The maximum Gasteiger partial charge on any atom is 0.306 e. The predicted molar refractivity (Wildman–Crippen MR) is 69.3 cm³/mol. The summed E-state index contributed by atoms with van der Waals surface area (Å²) in [6.45, 7) is 3.75. The van der Waals surface area contributed by atoms with Gasteiger partial charge < -0.3 is 5.11 Å². The minimum Gasteiger partial charge on any atom is -0.389 e. The van der Waals surface area contributed by atoms with Crippen molar-refractivity contribution in [3.8, 4) is 0 Å². The molecule has 1 aromatic carbocycles. The zero-order chi connectivity index (χ0) is 15.7. The molecule has 0 spiro atoms. The second-order valence-electron chi connectivity index (χ2n) is 4.97. The number of sulfonamides is 1. The van der Waals surface area contributed by atoms with Gasteiger partial charge in [-0.25, -0.2) is 13.1 Å². The van der Waals surface area contributed by atoms with Gasteiger partial charge in [-0.1, -0.05) is 0 Å². The smallest absolute Gasteiger partial charge is 0.306 e. The molecule has 9 heteroatoms. The van der Waals surface area contributed by atoms with E-state index in [0.29, 0.717) is 6.07 Å². The standard InChI is InChI=1S/C11H15FN2O5S/c1-7-4-8(5-9(10(7)12)14(16)17)20(18,19)13-6-11(2,3)15/h4-5,13,15H,6H2,1-3H3. The summed E-state index contributed by atoms with van der Waals surface area (Å²) in [4.78, 5) is 9.27. The van der Waals surface area contributed by atoms with Gasteiger partial charge in [-0.05, 0) is 32.4 Å². The van der Waals surface area contributed by atoms with Crippen LogP contribution in [0.2, 0.25) is 0 Å². The van der Waals surface area contributed by atoms with Crippen LogP contribution in [-0.4, -0.2) is 30.6 Å². The van der Waals surface area contributed by atoms with Gasteiger partial charge in [-0.3, -0.25) is 10.1 Å². The molecule has 1 rings (SSSR count). The molecule has 0 fully saturated rings. The van der Waals surface area contributed by atoms with Crippen molar-refractivity contribution < 1.29 is 22.8 Å². The number of nitro groups is 1. The van der Waals surface area contributed by atoms with E-state index in [0.717, 1.165) is 6.07 Å². The molecule has 7 nitrogen and oxygen atoms in total. The van der Waals surface area contributed by atoms with Crippen LogP contribution in [-0.2, 0) is 10.0 Å². The minimum atomic E-state index is -4.07. The van der Waals surface area contributed by atoms with Crippen molar-refractivity contribution in [2.24, 2.45) is 0 Å². The van der Waals surface area contributed by atoms with Crippen LogP contribution in [0.25, 0.3) is 0 Å². The lowest BCUT2D eigenvalue weighted by Crippen LogP contribution is -2.38. The normalized spacial score (nSPS) is 12.4. The van der Waals surface area contributed by atoms with E-state index in [1.807, 2.05) is 0 Å². The lowest BCUT2D eigenvalue weighted by atomic mass is 10.1. The number of halogens is 1. The molecule has 0 atom stereocenters. The number of nitrogens with zero attached hydrogens (tertiary/aromatic N) is 1. The number of hydrogen-bond acceptors (Lipinski definition) is 5. The largest absolute Gasteiger partial charge is 0.389 e. The molecule has 0 bridgehead atoms. The van der Waals surface area contributed by atoms with Crippen molar-refractivity contribution in [3.05, 3.63) is 33.6 Å². The fraction of sp³-hybridized carbons (Fsp3) is 0.455. The number of benzene rings is 1. The summed E-state index contributed by atoms with van der Waals surface area (Å²) in [5.41, 5.74) is -2.34. The average molecular weight is 306 g/mol. The number of aryl methyl sites for hydroxylation is 1. The lowest BCUT2D eigenvalue weighted by Gasteiger charge is -2.17. The van der Waals surface area contributed by atoms with E-state index in [-0.39, 0.29) is 12.1 Å². The third kappa shape index (κ3) is 3.95. The van der Waals surface area contributed by atoms with E-state index < -0.39 is 36.9 Å². The van der Waals surface area contributed by atoms with Gasteiger partial charge in [0.05, 0.1) is 15.4 Å². The van der Waals surface area contributed by atoms with Crippen LogP contribution in [0.3, 0.4) is 0 Å². The Morgan fingerprint density at radius 2 is 2.00 bits per heavy atom. The van der Waals surface area contributed by atoms with E-state index >= 15 is 0 Å². The summed E-state index contributed by atoms with van der Waals surface area (Å²) >= 11 is 0. The maximum atomic E-state index is 13.5. The summed E-state index contributed by atoms with van der Waals surface area (Å²) in [6, 6.07) is 1.64. The van der Waals surface area contributed by atoms with Gasteiger partial charge in [0.2, 0.25) is 15.8 Å². The van der Waals surface area contributed by atoms with Crippen molar-refractivity contribution in [3.63, 3.8) is 0 Å². The van der Waals surface area contributed by atoms with Gasteiger partial charge in [0, 0.05) is 12.6 Å². The Labute approximate surface area is 115 Å². The molecular formula is C11H15FN2O5S. The second kappa shape index (κ2) is 5.43. The third-order valence-corrected chi connectivity index (χ3v) is 3.79. The van der Waals surface area contributed by atoms with Crippen molar-refractivity contribution in [2.75, 3.05) is 6.54 Å². The predicted octanol–water partition coefficient (Wildman–Crippen LogP) is 1.09. The van der Waals surface area contributed by atoms with E-state index in [1.54, 1.807) is 0 Å². The average Bonchev–Trinajstić information content (AvgIpc) is 2.28. The van der Waals surface area contributed by atoms with Crippen LogP contribution < -0.4 is 4.72 Å². The SMILES string of the molecule is Cc1cc(S(=O)(=O)NCC(C)(C)O)cc([N+](=O)[O-])c1F. The highest BCUT2D eigenvalue weighted by molar-refractivity contribution is 7.89. The number of nitro benzene ring substituents is 1. The van der Waals surface area contributed by atoms with E-state index in [9.17, 15) is 28.0 Å². The fourth-order valence-electron chi connectivity index (χ4n) is 1.36. The highest BCUT2D eigenvalue weighted by Crippen LogP contribution is 2.25. The fourth-order valence-corrected chi connectivity index (χ4v) is 2.67. The molecule has 0 aromatic heterocycles. The zero-order valence-corrected chi connectivity index (χ0v) is 12.0. The maximum absolute atomic E-state index is 13.5. The minimum absolute atomic E-state index is 0.150. The first-order valence-electron chi connectivity index (χ1n) is 5.60. The first-order valence-corrected chi connectivity index (χ1v) is 7.09. The van der Waals surface area contributed by atoms with Gasteiger partial charge in [-0.2, -0.15) is 4.39 Å². The molecule has 0 saturated carbocycles. The second-order valence-corrected chi connectivity index (χ2v) is 6.73. The van der Waals surface area contributed by atoms with Gasteiger partial charge in [0.1, 0.15) is 0 Å². The summed E-state index contributed by atoms with van der Waals surface area (Å²) in [7, 11) is -4.07. The molecule has 2 N–H and O–H groups in total. The summed E-state index contributed by atoms with van der Waals surface area (Å²) in [5.74, 6) is -1.07. The number of rotatable bonds is 5. The van der Waals surface area contributed by atoms with E-state index in [2.05, 4.69) is 4.72 Å². The summed E-state index contributed by atoms with van der Waals surface area (Å²) in [5, 5.41) is 20.2. The quantitative estimate of drug-likeness (QED) is 0.625. The molecular weight excluding hydrogens is 291 g/mol. The first-order chi connectivity index (χ1) is 8.94. The first kappa shape index (κ1) is 16.5. The van der Waals surface area contributed by atoms with Gasteiger partial charge >= 0.3 is 5.69 Å². The Hall–Kier alpha value is -1.58. The summed E-state index contributed by atoms with van der Waals surface area (Å²) in [6.07, 6.45) is 0. The van der Waals surface area contributed by atoms with Crippen molar-refractivity contribution >= 4 is 15.7 Å². The van der Waals surface area contributed by atoms with Gasteiger partial charge in [0.25, 0.3) is 0 Å². The Kier molecular flexibility index (Phi) is 4.47. The molecule has 0 aliphatic heterocycles. The molecule has 20 heavy (non-hydrogen) atoms. The van der Waals surface area contributed by atoms with Crippen LogP contribution in [0.4, 0.5) is 10.1 Å². The van der Waals surface area contributed by atoms with Gasteiger partial charge in [0.15, 0.2) is 0 Å². The van der Waals surface area contributed by atoms with E-state index in [4.69, 9.17) is 0 Å². The van der Waals surface area contributed by atoms with E-state index in [1.165, 1.54) is 20.8 Å². The zero-order valence-electron chi connectivity index (χ0n) is 11.2. The molecule has 0 saturated heterocycles. The van der Waals surface area contributed by atoms with Gasteiger partial charge in [-0.15, -0.1) is 0 Å². The number of hydrogen-bond donors (Lipinski definition) is 2. The van der Waals surface area contributed by atoms with Crippen LogP contribution in [0.5, 0.6) is 0 Å². The highest BCUT2D eigenvalue weighted by atomic mass is 32.2. The third-order valence-electron chi connectivity index (χ3n) is 2.41. The Bertz CT molecular complexity index is 637. The monoisotopic (exact) mass is 306 g/mol. The van der Waals surface area contributed by atoms with Crippen LogP contribution in [0.1, 0.15) is 19.4 Å². The molecule has 0 radical (unpaired) electrons. The van der Waals surface area contributed by atoms with Crippen LogP contribution in [0.15, 0.2) is 17.0 Å². The molecule has 0 aliphatic rings. The molecule has 112 valence electrons. The van der Waals surface area contributed by atoms with Crippen molar-refractivity contribution in [2.45, 2.75) is 31.3 Å².